The number of hydrogen-bond acceptors (Lipinski definition) is 5. The number of carbonyl (C=O) groups is 1. The van der Waals surface area contributed by atoms with Crippen LogP contribution in [0.15, 0.2) is 59.3 Å². The summed E-state index contributed by atoms with van der Waals surface area (Å²) in [6.07, 6.45) is 7.41. The zero-order valence-corrected chi connectivity index (χ0v) is 21.4. The first-order valence-corrected chi connectivity index (χ1v) is 14.1. The standard InChI is InChI=1S/C29H33N5OS/c35-29(28(22-13-18-36-20-22)34-16-5-2-6-17-34)30-23-9-12-26-25(19-23)27(32-31-26)21-7-10-24(11-8-21)33-14-3-1-4-15-33/h7-13,18-20,28H,1-6,14-17H2,(H,30,35)(H,31,32). The first-order valence-electron chi connectivity index (χ1n) is 13.2. The molecule has 36 heavy (non-hydrogen) atoms. The molecule has 1 atom stereocenters. The molecule has 7 heteroatoms. The van der Waals surface area contributed by atoms with Gasteiger partial charge in [0.1, 0.15) is 6.04 Å². The van der Waals surface area contributed by atoms with Gasteiger partial charge in [-0.2, -0.15) is 16.4 Å². The average Bonchev–Trinajstić information content (AvgIpc) is 3.60. The van der Waals surface area contributed by atoms with E-state index in [9.17, 15) is 4.79 Å². The van der Waals surface area contributed by atoms with Crippen LogP contribution in [0.5, 0.6) is 0 Å². The predicted octanol–water partition coefficient (Wildman–Crippen LogP) is 6.45. The number of fused-ring (bicyclic) bond motifs is 1. The van der Waals surface area contributed by atoms with E-state index in [4.69, 9.17) is 0 Å². The number of hydrogen-bond donors (Lipinski definition) is 2. The van der Waals surface area contributed by atoms with E-state index in [0.29, 0.717) is 0 Å². The fraction of sp³-hybridized carbons (Fsp3) is 0.379. The summed E-state index contributed by atoms with van der Waals surface area (Å²) < 4.78 is 0. The van der Waals surface area contributed by atoms with Gasteiger partial charge in [-0.25, -0.2) is 0 Å². The molecule has 6 nitrogen and oxygen atoms in total. The monoisotopic (exact) mass is 499 g/mol. The molecule has 0 radical (unpaired) electrons. The maximum absolute atomic E-state index is 13.6. The second-order valence-electron chi connectivity index (χ2n) is 9.97. The lowest BCUT2D eigenvalue weighted by atomic mass is 10.0. The summed E-state index contributed by atoms with van der Waals surface area (Å²) in [5, 5.41) is 16.2. The Morgan fingerprint density at radius 1 is 0.917 bits per heavy atom. The molecule has 2 N–H and O–H groups in total. The van der Waals surface area contributed by atoms with Crippen molar-refractivity contribution in [2.45, 2.75) is 44.6 Å². The van der Waals surface area contributed by atoms with Crippen LogP contribution in [0.3, 0.4) is 0 Å². The molecule has 2 aromatic carbocycles. The Morgan fingerprint density at radius 3 is 2.39 bits per heavy atom. The molecular formula is C29H33N5OS. The molecule has 4 heterocycles. The Balaban J connectivity index is 1.24. The minimum absolute atomic E-state index is 0.0329. The van der Waals surface area contributed by atoms with Crippen molar-refractivity contribution in [3.05, 3.63) is 64.9 Å². The normalized spacial score (nSPS) is 17.8. The quantitative estimate of drug-likeness (QED) is 0.320. The molecule has 186 valence electrons. The van der Waals surface area contributed by atoms with E-state index in [1.807, 2.05) is 18.2 Å². The van der Waals surface area contributed by atoms with Gasteiger partial charge in [0.2, 0.25) is 5.91 Å². The molecule has 6 rings (SSSR count). The van der Waals surface area contributed by atoms with Gasteiger partial charge in [0.05, 0.1) is 11.2 Å². The van der Waals surface area contributed by atoms with Gasteiger partial charge in [-0.05, 0) is 97.9 Å². The Kier molecular flexibility index (Phi) is 6.75. The summed E-state index contributed by atoms with van der Waals surface area (Å²) in [6.45, 7) is 4.20. The third-order valence-corrected chi connectivity index (χ3v) is 8.26. The number of amides is 1. The van der Waals surface area contributed by atoms with Gasteiger partial charge in [0.25, 0.3) is 0 Å². The van der Waals surface area contributed by atoms with E-state index in [1.165, 1.54) is 31.4 Å². The first kappa shape index (κ1) is 23.3. The van der Waals surface area contributed by atoms with Gasteiger partial charge < -0.3 is 10.2 Å². The summed E-state index contributed by atoms with van der Waals surface area (Å²) in [7, 11) is 0. The zero-order valence-electron chi connectivity index (χ0n) is 20.6. The van der Waals surface area contributed by atoms with Crippen molar-refractivity contribution >= 4 is 39.5 Å². The van der Waals surface area contributed by atoms with Crippen molar-refractivity contribution < 1.29 is 4.79 Å². The summed E-state index contributed by atoms with van der Waals surface area (Å²) >= 11 is 1.65. The van der Waals surface area contributed by atoms with Gasteiger partial charge in [-0.3, -0.25) is 14.8 Å². The van der Waals surface area contributed by atoms with Gasteiger partial charge in [0, 0.05) is 35.4 Å². The van der Waals surface area contributed by atoms with Crippen molar-refractivity contribution in [2.75, 3.05) is 36.4 Å². The number of rotatable bonds is 6. The number of aromatic nitrogens is 2. The Hall–Kier alpha value is -3.16. The van der Waals surface area contributed by atoms with Gasteiger partial charge in [-0.15, -0.1) is 0 Å². The highest BCUT2D eigenvalue weighted by atomic mass is 32.1. The third kappa shape index (κ3) is 4.77. The number of likely N-dealkylation sites (tertiary alicyclic amines) is 1. The molecule has 2 aliphatic heterocycles. The number of carbonyl (C=O) groups excluding carboxylic acids is 1. The molecular weight excluding hydrogens is 466 g/mol. The molecule has 0 saturated carbocycles. The van der Waals surface area contributed by atoms with Crippen molar-refractivity contribution in [3.8, 4) is 11.3 Å². The summed E-state index contributed by atoms with van der Waals surface area (Å²) in [5.74, 6) is 0.0329. The predicted molar refractivity (Wildman–Crippen MR) is 149 cm³/mol. The summed E-state index contributed by atoms with van der Waals surface area (Å²) in [4.78, 5) is 18.3. The SMILES string of the molecule is O=C(Nc1ccc2[nH]nc(-c3ccc(N4CCCCC4)cc3)c2c1)C(c1ccsc1)N1CCCCC1. The second-order valence-corrected chi connectivity index (χ2v) is 10.8. The fourth-order valence-electron chi connectivity index (χ4n) is 5.64. The van der Waals surface area contributed by atoms with Crippen LogP contribution < -0.4 is 10.2 Å². The van der Waals surface area contributed by atoms with Crippen molar-refractivity contribution in [2.24, 2.45) is 0 Å². The number of anilines is 2. The zero-order chi connectivity index (χ0) is 24.3. The highest BCUT2D eigenvalue weighted by Gasteiger charge is 2.29. The molecule has 0 bridgehead atoms. The molecule has 2 aromatic heterocycles. The first-order chi connectivity index (χ1) is 17.8. The third-order valence-electron chi connectivity index (χ3n) is 7.56. The van der Waals surface area contributed by atoms with Crippen LogP contribution in [0, 0.1) is 0 Å². The van der Waals surface area contributed by atoms with E-state index in [1.54, 1.807) is 11.3 Å². The smallest absolute Gasteiger partial charge is 0.246 e. The molecule has 1 amide bonds. The largest absolute Gasteiger partial charge is 0.372 e. The number of nitrogens with zero attached hydrogens (tertiary/aromatic N) is 3. The molecule has 4 aromatic rings. The lowest BCUT2D eigenvalue weighted by molar-refractivity contribution is -0.121. The lowest BCUT2D eigenvalue weighted by Crippen LogP contribution is -2.40. The number of H-pyrrole nitrogens is 1. The van der Waals surface area contributed by atoms with E-state index in [2.05, 4.69) is 66.4 Å². The molecule has 0 aliphatic carbocycles. The summed E-state index contributed by atoms with van der Waals surface area (Å²) in [5.41, 5.74) is 6.12. The molecule has 0 spiro atoms. The minimum Gasteiger partial charge on any atom is -0.372 e. The number of nitrogens with one attached hydrogen (secondary N) is 2. The van der Waals surface area contributed by atoms with Crippen molar-refractivity contribution in [1.29, 1.82) is 0 Å². The molecule has 1 unspecified atom stereocenters. The van der Waals surface area contributed by atoms with Gasteiger partial charge >= 0.3 is 0 Å². The van der Waals surface area contributed by atoms with Crippen LogP contribution in [-0.2, 0) is 4.79 Å². The Labute approximate surface area is 216 Å². The van der Waals surface area contributed by atoms with E-state index in [-0.39, 0.29) is 11.9 Å². The lowest BCUT2D eigenvalue weighted by Gasteiger charge is -2.33. The number of aromatic amines is 1. The maximum Gasteiger partial charge on any atom is 0.246 e. The highest BCUT2D eigenvalue weighted by molar-refractivity contribution is 7.08. The Morgan fingerprint density at radius 2 is 1.67 bits per heavy atom. The van der Waals surface area contributed by atoms with Crippen LogP contribution >= 0.6 is 11.3 Å². The molecule has 2 saturated heterocycles. The fourth-order valence-corrected chi connectivity index (χ4v) is 6.32. The van der Waals surface area contributed by atoms with Gasteiger partial charge in [-0.1, -0.05) is 18.6 Å². The average molecular weight is 500 g/mol. The van der Waals surface area contributed by atoms with Crippen LogP contribution in [-0.4, -0.2) is 47.2 Å². The maximum atomic E-state index is 13.6. The molecule has 2 aliphatic rings. The van der Waals surface area contributed by atoms with E-state index >= 15 is 0 Å². The second kappa shape index (κ2) is 10.4. The summed E-state index contributed by atoms with van der Waals surface area (Å²) in [6, 6.07) is 16.6. The van der Waals surface area contributed by atoms with E-state index in [0.717, 1.165) is 72.4 Å². The Bertz CT molecular complexity index is 1300. The van der Waals surface area contributed by atoms with Crippen LogP contribution in [0.2, 0.25) is 0 Å². The van der Waals surface area contributed by atoms with Crippen LogP contribution in [0.25, 0.3) is 22.2 Å². The number of benzene rings is 2. The minimum atomic E-state index is -0.251. The number of thiophene rings is 1. The van der Waals surface area contributed by atoms with Crippen molar-refractivity contribution in [3.63, 3.8) is 0 Å². The van der Waals surface area contributed by atoms with E-state index < -0.39 is 0 Å². The molecule has 2 fully saturated rings. The topological polar surface area (TPSA) is 64.3 Å². The van der Waals surface area contributed by atoms with Crippen LogP contribution in [0.4, 0.5) is 11.4 Å². The highest BCUT2D eigenvalue weighted by Crippen LogP contribution is 2.32. The van der Waals surface area contributed by atoms with Crippen molar-refractivity contribution in [1.82, 2.24) is 15.1 Å². The number of piperidine rings is 2. The van der Waals surface area contributed by atoms with Crippen LogP contribution in [0.1, 0.15) is 50.1 Å². The van der Waals surface area contributed by atoms with Gasteiger partial charge in [0.15, 0.2) is 0 Å².